The Bertz CT molecular complexity index is 1230. The van der Waals surface area contributed by atoms with E-state index in [2.05, 4.69) is 5.32 Å². The third-order valence-corrected chi connectivity index (χ3v) is 7.91. The van der Waals surface area contributed by atoms with Gasteiger partial charge >= 0.3 is 0 Å². The van der Waals surface area contributed by atoms with Crippen molar-refractivity contribution in [2.24, 2.45) is 0 Å². The van der Waals surface area contributed by atoms with Gasteiger partial charge in [0.1, 0.15) is 0 Å². The summed E-state index contributed by atoms with van der Waals surface area (Å²) in [5, 5.41) is 3.42. The van der Waals surface area contributed by atoms with Crippen molar-refractivity contribution in [3.05, 3.63) is 100 Å². The molecule has 32 heavy (non-hydrogen) atoms. The van der Waals surface area contributed by atoms with E-state index < -0.39 is 16.1 Å². The molecule has 0 saturated heterocycles. The molecule has 1 aliphatic rings. The van der Waals surface area contributed by atoms with E-state index in [0.717, 1.165) is 22.3 Å². The van der Waals surface area contributed by atoms with Crippen LogP contribution in [0.5, 0.6) is 0 Å². The number of carbonyl (C=O) groups is 1. The maximum Gasteiger partial charge on any atom is 0.243 e. The maximum absolute atomic E-state index is 13.5. The fraction of sp³-hybridized carbons (Fsp3) is 0.240. The molecule has 7 heteroatoms. The molecule has 1 amide bonds. The van der Waals surface area contributed by atoms with Gasteiger partial charge in [-0.25, -0.2) is 8.42 Å². The molecule has 0 radical (unpaired) electrons. The van der Waals surface area contributed by atoms with Gasteiger partial charge in [0.2, 0.25) is 15.9 Å². The molecule has 4 rings (SSSR count). The Morgan fingerprint density at radius 1 is 1.06 bits per heavy atom. The molecule has 0 fully saturated rings. The van der Waals surface area contributed by atoms with Crippen LogP contribution in [-0.2, 0) is 27.8 Å². The molecule has 1 N–H and O–H groups in total. The van der Waals surface area contributed by atoms with Crippen LogP contribution in [0.1, 0.15) is 34.7 Å². The number of amides is 1. The van der Waals surface area contributed by atoms with E-state index in [0.29, 0.717) is 24.5 Å². The van der Waals surface area contributed by atoms with Crippen LogP contribution in [0.15, 0.2) is 77.7 Å². The zero-order chi connectivity index (χ0) is 22.7. The fourth-order valence-corrected chi connectivity index (χ4v) is 5.87. The summed E-state index contributed by atoms with van der Waals surface area (Å²) in [6.07, 6.45) is 0.653. The Labute approximate surface area is 194 Å². The lowest BCUT2D eigenvalue weighted by atomic mass is 9.92. The maximum atomic E-state index is 13.5. The molecular weight excluding hydrogens is 444 g/mol. The van der Waals surface area contributed by atoms with Crippen LogP contribution >= 0.6 is 11.6 Å². The van der Waals surface area contributed by atoms with Crippen LogP contribution in [-0.4, -0.2) is 25.2 Å². The molecule has 1 aliphatic heterocycles. The molecule has 166 valence electrons. The molecular formula is C25H25ClN2O3S. The average Bonchev–Trinajstić information content (AvgIpc) is 2.78. The number of carbonyl (C=O) groups excluding carboxylic acids is 1. The largest absolute Gasteiger partial charge is 0.352 e. The Morgan fingerprint density at radius 3 is 2.56 bits per heavy atom. The fourth-order valence-electron chi connectivity index (χ4n) is 4.14. The van der Waals surface area contributed by atoms with Crippen LogP contribution in [0.25, 0.3) is 0 Å². The lowest BCUT2D eigenvalue weighted by Crippen LogP contribution is -2.42. The second-order valence-electron chi connectivity index (χ2n) is 8.00. The molecule has 0 bridgehead atoms. The average molecular weight is 469 g/mol. The van der Waals surface area contributed by atoms with E-state index in [9.17, 15) is 13.2 Å². The van der Waals surface area contributed by atoms with E-state index in [1.165, 1.54) is 16.4 Å². The van der Waals surface area contributed by atoms with Crippen LogP contribution in [0.3, 0.4) is 0 Å². The second kappa shape index (κ2) is 9.45. The van der Waals surface area contributed by atoms with Gasteiger partial charge in [-0.3, -0.25) is 4.79 Å². The first-order chi connectivity index (χ1) is 15.3. The van der Waals surface area contributed by atoms with E-state index in [-0.39, 0.29) is 17.2 Å². The smallest absolute Gasteiger partial charge is 0.243 e. The summed E-state index contributed by atoms with van der Waals surface area (Å²) in [4.78, 5) is 13.1. The SMILES string of the molecule is Cc1cccc(CNC(=O)C[C@H]2c3ccccc3CCN2S(=O)(=O)c2ccc(Cl)cc2)c1. The minimum atomic E-state index is -3.79. The highest BCUT2D eigenvalue weighted by Gasteiger charge is 2.37. The van der Waals surface area contributed by atoms with E-state index in [4.69, 9.17) is 11.6 Å². The van der Waals surface area contributed by atoms with Crippen LogP contribution < -0.4 is 5.32 Å². The van der Waals surface area contributed by atoms with Crippen molar-refractivity contribution < 1.29 is 13.2 Å². The molecule has 1 heterocycles. The number of halogens is 1. The van der Waals surface area contributed by atoms with Gasteiger partial charge in [-0.15, -0.1) is 0 Å². The Hall–Kier alpha value is -2.67. The summed E-state index contributed by atoms with van der Waals surface area (Å²) >= 11 is 5.95. The minimum absolute atomic E-state index is 0.0512. The Morgan fingerprint density at radius 2 is 1.81 bits per heavy atom. The van der Waals surface area contributed by atoms with E-state index >= 15 is 0 Å². The van der Waals surface area contributed by atoms with Crippen LogP contribution in [0.2, 0.25) is 5.02 Å². The quantitative estimate of drug-likeness (QED) is 0.573. The summed E-state index contributed by atoms with van der Waals surface area (Å²) in [6, 6.07) is 21.2. The highest BCUT2D eigenvalue weighted by molar-refractivity contribution is 7.89. The molecule has 0 aromatic heterocycles. The standard InChI is InChI=1S/C25H25ClN2O3S/c1-18-5-4-6-19(15-18)17-27-25(29)16-24-23-8-3-2-7-20(23)13-14-28(24)32(30,31)22-11-9-21(26)10-12-22/h2-12,15,24H,13-14,16-17H2,1H3,(H,27,29)/t24-/m0/s1. The molecule has 0 saturated carbocycles. The van der Waals surface area contributed by atoms with Gasteiger partial charge in [-0.05, 0) is 54.3 Å². The van der Waals surface area contributed by atoms with Crippen LogP contribution in [0, 0.1) is 6.92 Å². The number of sulfonamides is 1. The molecule has 1 atom stereocenters. The molecule has 5 nitrogen and oxygen atoms in total. The molecule has 0 aliphatic carbocycles. The van der Waals surface area contributed by atoms with Crippen molar-refractivity contribution in [2.45, 2.75) is 37.2 Å². The van der Waals surface area contributed by atoms with Crippen molar-refractivity contribution in [2.75, 3.05) is 6.54 Å². The van der Waals surface area contributed by atoms with E-state index in [1.807, 2.05) is 55.5 Å². The van der Waals surface area contributed by atoms with Crippen molar-refractivity contribution >= 4 is 27.5 Å². The first-order valence-corrected chi connectivity index (χ1v) is 12.3. The first-order valence-electron chi connectivity index (χ1n) is 10.5. The highest BCUT2D eigenvalue weighted by Crippen LogP contribution is 2.36. The lowest BCUT2D eigenvalue weighted by molar-refractivity contribution is -0.122. The van der Waals surface area contributed by atoms with E-state index in [1.54, 1.807) is 12.1 Å². The van der Waals surface area contributed by atoms with Crippen molar-refractivity contribution in [1.82, 2.24) is 9.62 Å². The predicted molar refractivity (Wildman–Crippen MR) is 126 cm³/mol. The third-order valence-electron chi connectivity index (χ3n) is 5.73. The summed E-state index contributed by atoms with van der Waals surface area (Å²) in [7, 11) is -3.79. The minimum Gasteiger partial charge on any atom is -0.352 e. The van der Waals surface area contributed by atoms with Crippen LogP contribution in [0.4, 0.5) is 0 Å². The van der Waals surface area contributed by atoms with Gasteiger partial charge in [0.05, 0.1) is 10.9 Å². The summed E-state index contributed by atoms with van der Waals surface area (Å²) < 4.78 is 28.4. The number of nitrogens with one attached hydrogen (secondary N) is 1. The summed E-state index contributed by atoms with van der Waals surface area (Å²) in [5.74, 6) is -0.190. The zero-order valence-electron chi connectivity index (χ0n) is 17.8. The second-order valence-corrected chi connectivity index (χ2v) is 10.3. The van der Waals surface area contributed by atoms with Gasteiger partial charge in [0.15, 0.2) is 0 Å². The Balaban J connectivity index is 1.59. The van der Waals surface area contributed by atoms with Gasteiger partial charge in [0.25, 0.3) is 0 Å². The molecule has 3 aromatic carbocycles. The zero-order valence-corrected chi connectivity index (χ0v) is 19.4. The molecule has 3 aromatic rings. The third kappa shape index (κ3) is 4.88. The summed E-state index contributed by atoms with van der Waals surface area (Å²) in [6.45, 7) is 2.72. The predicted octanol–water partition coefficient (Wildman–Crippen LogP) is 4.64. The number of benzene rings is 3. The number of aryl methyl sites for hydroxylation is 1. The number of nitrogens with zero attached hydrogens (tertiary/aromatic N) is 1. The van der Waals surface area contributed by atoms with Gasteiger partial charge in [0, 0.05) is 24.5 Å². The first kappa shape index (κ1) is 22.5. The van der Waals surface area contributed by atoms with Gasteiger partial charge in [-0.1, -0.05) is 65.7 Å². The summed E-state index contributed by atoms with van der Waals surface area (Å²) in [5.41, 5.74) is 4.08. The van der Waals surface area contributed by atoms with Crippen molar-refractivity contribution in [3.63, 3.8) is 0 Å². The number of hydrogen-bond donors (Lipinski definition) is 1. The van der Waals surface area contributed by atoms with Gasteiger partial charge < -0.3 is 5.32 Å². The number of hydrogen-bond acceptors (Lipinski definition) is 3. The lowest BCUT2D eigenvalue weighted by Gasteiger charge is -2.36. The Kier molecular flexibility index (Phi) is 6.65. The van der Waals surface area contributed by atoms with Gasteiger partial charge in [-0.2, -0.15) is 4.31 Å². The molecule has 0 spiro atoms. The number of fused-ring (bicyclic) bond motifs is 1. The van der Waals surface area contributed by atoms with Crippen molar-refractivity contribution in [1.29, 1.82) is 0 Å². The topological polar surface area (TPSA) is 66.5 Å². The number of rotatable bonds is 6. The monoisotopic (exact) mass is 468 g/mol. The highest BCUT2D eigenvalue weighted by atomic mass is 35.5. The van der Waals surface area contributed by atoms with Crippen molar-refractivity contribution in [3.8, 4) is 0 Å². The normalized spacial score (nSPS) is 16.4. The molecule has 0 unspecified atom stereocenters.